The minimum atomic E-state index is -0.413. The minimum Gasteiger partial charge on any atom is -0.375 e. The quantitative estimate of drug-likeness (QED) is 0.622. The van der Waals surface area contributed by atoms with Crippen LogP contribution in [0.1, 0.15) is 0 Å². The second kappa shape index (κ2) is 6.51. The van der Waals surface area contributed by atoms with Crippen LogP contribution in [0.5, 0.6) is 0 Å². The van der Waals surface area contributed by atoms with E-state index in [9.17, 15) is 9.59 Å². The third-order valence-corrected chi connectivity index (χ3v) is 1.80. The van der Waals surface area contributed by atoms with Crippen molar-refractivity contribution >= 4 is 29.1 Å². The number of rotatable bonds is 4. The summed E-state index contributed by atoms with van der Waals surface area (Å²) in [4.78, 5) is 27.5. The first-order chi connectivity index (χ1) is 7.25. The molecule has 0 bridgehead atoms. The van der Waals surface area contributed by atoms with Crippen LogP contribution < -0.4 is 5.73 Å². The van der Waals surface area contributed by atoms with E-state index in [2.05, 4.69) is 0 Å². The maximum atomic E-state index is 11.7. The van der Waals surface area contributed by atoms with Gasteiger partial charge in [0.1, 0.15) is 0 Å². The lowest BCUT2D eigenvalue weighted by Crippen LogP contribution is -2.50. The summed E-state index contributed by atoms with van der Waals surface area (Å²) in [6, 6.07) is 0. The van der Waals surface area contributed by atoms with Crippen molar-refractivity contribution < 1.29 is 9.59 Å². The molecule has 2 amide bonds. The first kappa shape index (κ1) is 14.9. The van der Waals surface area contributed by atoms with E-state index in [4.69, 9.17) is 18.0 Å². The number of amides is 2. The minimum absolute atomic E-state index is 0.0938. The lowest BCUT2D eigenvalue weighted by Gasteiger charge is -2.22. The number of hydrogen-bond donors (Lipinski definition) is 1. The van der Waals surface area contributed by atoms with Crippen molar-refractivity contribution in [2.45, 2.75) is 0 Å². The topological polar surface area (TPSA) is 69.9 Å². The largest absolute Gasteiger partial charge is 0.375 e. The van der Waals surface area contributed by atoms with Gasteiger partial charge in [-0.25, -0.2) is 4.90 Å². The molecule has 2 N–H and O–H groups in total. The molecule has 0 atom stereocenters. The molecule has 7 heteroatoms. The fraction of sp³-hybridized carbons (Fsp3) is 0.667. The molecule has 0 fully saturated rings. The molecule has 6 nitrogen and oxygen atoms in total. The fourth-order valence-corrected chi connectivity index (χ4v) is 1.27. The van der Waals surface area contributed by atoms with Crippen LogP contribution >= 0.6 is 12.2 Å². The summed E-state index contributed by atoms with van der Waals surface area (Å²) < 4.78 is 0. The van der Waals surface area contributed by atoms with Gasteiger partial charge in [-0.15, -0.1) is 0 Å². The van der Waals surface area contributed by atoms with E-state index in [-0.39, 0.29) is 18.2 Å². The summed E-state index contributed by atoms with van der Waals surface area (Å²) in [6.07, 6.45) is 0. The zero-order chi connectivity index (χ0) is 12.9. The van der Waals surface area contributed by atoms with E-state index < -0.39 is 11.8 Å². The van der Waals surface area contributed by atoms with E-state index in [1.54, 1.807) is 38.0 Å². The average molecular weight is 246 g/mol. The molecule has 0 aliphatic heterocycles. The number of likely N-dealkylation sites (N-methyl/N-ethyl adjacent to an activating group) is 2. The molecule has 0 unspecified atom stereocenters. The molecule has 0 heterocycles. The maximum Gasteiger partial charge on any atom is 0.249 e. The zero-order valence-corrected chi connectivity index (χ0v) is 10.9. The number of carbonyl (C=O) groups excluding carboxylic acids is 2. The number of nitrogens with two attached hydrogens (primary N) is 1. The molecular formula is C9H18N4O2S. The van der Waals surface area contributed by atoms with E-state index in [1.165, 1.54) is 0 Å². The molecule has 0 aliphatic carbocycles. The summed E-state index contributed by atoms with van der Waals surface area (Å²) in [7, 11) is 6.91. The van der Waals surface area contributed by atoms with Crippen molar-refractivity contribution in [1.29, 1.82) is 0 Å². The van der Waals surface area contributed by atoms with Gasteiger partial charge in [-0.3, -0.25) is 9.59 Å². The summed E-state index contributed by atoms with van der Waals surface area (Å²) in [6.45, 7) is 0.188. The Morgan fingerprint density at radius 1 is 1.00 bits per heavy atom. The van der Waals surface area contributed by atoms with Gasteiger partial charge in [0, 0.05) is 0 Å². The van der Waals surface area contributed by atoms with Gasteiger partial charge < -0.3 is 15.5 Å². The first-order valence-corrected chi connectivity index (χ1v) is 5.11. The Morgan fingerprint density at radius 2 is 1.31 bits per heavy atom. The molecule has 0 spiro atoms. The molecule has 0 rings (SSSR count). The molecule has 0 saturated carbocycles. The Labute approximate surface area is 101 Å². The van der Waals surface area contributed by atoms with Crippen molar-refractivity contribution in [3.8, 4) is 0 Å². The van der Waals surface area contributed by atoms with Crippen LogP contribution in [0.3, 0.4) is 0 Å². The summed E-state index contributed by atoms with van der Waals surface area (Å²) >= 11 is 4.70. The molecule has 0 aromatic heterocycles. The first-order valence-electron chi connectivity index (χ1n) is 4.70. The smallest absolute Gasteiger partial charge is 0.249 e. The Morgan fingerprint density at radius 3 is 1.50 bits per heavy atom. The van der Waals surface area contributed by atoms with Gasteiger partial charge in [0.2, 0.25) is 11.8 Å². The predicted molar refractivity (Wildman–Crippen MR) is 65.7 cm³/mol. The highest BCUT2D eigenvalue weighted by atomic mass is 32.1. The standard InChI is InChI=1S/C9H18N4O2S/c1-11(2)5-7(14)13(9(10)16)8(15)6-12(3)4/h5-6H2,1-4H3,(H2,10,16). The molecule has 0 aromatic carbocycles. The lowest BCUT2D eigenvalue weighted by atomic mass is 10.4. The van der Waals surface area contributed by atoms with Gasteiger partial charge in [0.15, 0.2) is 5.11 Å². The molecule has 0 aliphatic rings. The molecule has 0 radical (unpaired) electrons. The van der Waals surface area contributed by atoms with Crippen LogP contribution in [-0.2, 0) is 9.59 Å². The van der Waals surface area contributed by atoms with Crippen LogP contribution in [0, 0.1) is 0 Å². The Bertz CT molecular complexity index is 269. The van der Waals surface area contributed by atoms with Crippen molar-refractivity contribution in [3.63, 3.8) is 0 Å². The molecule has 0 saturated heterocycles. The van der Waals surface area contributed by atoms with Crippen molar-refractivity contribution in [3.05, 3.63) is 0 Å². The Hall–Kier alpha value is -1.05. The highest BCUT2D eigenvalue weighted by Crippen LogP contribution is 1.95. The average Bonchev–Trinajstić information content (AvgIpc) is 1.98. The van der Waals surface area contributed by atoms with Crippen molar-refractivity contribution in [2.75, 3.05) is 41.3 Å². The number of imide groups is 1. The van der Waals surface area contributed by atoms with E-state index in [0.29, 0.717) is 0 Å². The summed E-state index contributed by atoms with van der Waals surface area (Å²) in [5.41, 5.74) is 5.37. The van der Waals surface area contributed by atoms with Crippen LogP contribution in [0.4, 0.5) is 0 Å². The highest BCUT2D eigenvalue weighted by Gasteiger charge is 2.24. The summed E-state index contributed by atoms with van der Waals surface area (Å²) in [5.74, 6) is -0.825. The van der Waals surface area contributed by atoms with Gasteiger partial charge in [-0.2, -0.15) is 0 Å². The third-order valence-electron chi connectivity index (χ3n) is 1.62. The third kappa shape index (κ3) is 5.15. The number of thiocarbonyl (C=S) groups is 1. The summed E-state index contributed by atoms with van der Waals surface area (Å²) in [5, 5.41) is -0.210. The molecule has 92 valence electrons. The second-order valence-electron chi connectivity index (χ2n) is 3.94. The highest BCUT2D eigenvalue weighted by molar-refractivity contribution is 7.80. The number of carbonyl (C=O) groups is 2. The monoisotopic (exact) mass is 246 g/mol. The SMILES string of the molecule is CN(C)CC(=O)N(C(=O)CN(C)C)C(N)=S. The Kier molecular flexibility index (Phi) is 6.09. The van der Waals surface area contributed by atoms with Crippen molar-refractivity contribution in [1.82, 2.24) is 14.7 Å². The van der Waals surface area contributed by atoms with Crippen molar-refractivity contribution in [2.24, 2.45) is 5.73 Å². The van der Waals surface area contributed by atoms with Gasteiger partial charge in [0.25, 0.3) is 0 Å². The van der Waals surface area contributed by atoms with E-state index >= 15 is 0 Å². The number of hydrogen-bond acceptors (Lipinski definition) is 5. The normalized spacial score (nSPS) is 10.6. The number of nitrogens with zero attached hydrogens (tertiary/aromatic N) is 3. The van der Waals surface area contributed by atoms with E-state index in [0.717, 1.165) is 4.90 Å². The van der Waals surface area contributed by atoms with Gasteiger partial charge in [-0.1, -0.05) is 0 Å². The van der Waals surface area contributed by atoms with E-state index in [1.807, 2.05) is 0 Å². The van der Waals surface area contributed by atoms with Gasteiger partial charge >= 0.3 is 0 Å². The maximum absolute atomic E-state index is 11.7. The van der Waals surface area contributed by atoms with Crippen LogP contribution in [0.15, 0.2) is 0 Å². The molecular weight excluding hydrogens is 228 g/mol. The second-order valence-corrected chi connectivity index (χ2v) is 4.35. The fourth-order valence-electron chi connectivity index (χ4n) is 1.07. The van der Waals surface area contributed by atoms with Gasteiger partial charge in [0.05, 0.1) is 13.1 Å². The predicted octanol–water partition coefficient (Wildman–Crippen LogP) is -1.29. The molecule has 16 heavy (non-hydrogen) atoms. The Balaban J connectivity index is 4.67. The van der Waals surface area contributed by atoms with Gasteiger partial charge in [-0.05, 0) is 40.4 Å². The molecule has 0 aromatic rings. The van der Waals surface area contributed by atoms with Crippen LogP contribution in [0.25, 0.3) is 0 Å². The lowest BCUT2D eigenvalue weighted by molar-refractivity contribution is -0.140. The van der Waals surface area contributed by atoms with Crippen LogP contribution in [-0.4, -0.2) is 72.9 Å². The van der Waals surface area contributed by atoms with Crippen LogP contribution in [0.2, 0.25) is 0 Å². The zero-order valence-electron chi connectivity index (χ0n) is 10.1.